The highest BCUT2D eigenvalue weighted by Crippen LogP contribution is 2.13. The quantitative estimate of drug-likeness (QED) is 0.503. The van der Waals surface area contributed by atoms with Gasteiger partial charge in [0.05, 0.1) is 19.3 Å². The Morgan fingerprint density at radius 3 is 2.39 bits per heavy atom. The number of rotatable bonds is 7. The first-order chi connectivity index (χ1) is 8.65. The number of hydrogen-bond acceptors (Lipinski definition) is 5. The monoisotopic (exact) mass is 257 g/mol. The van der Waals surface area contributed by atoms with Crippen LogP contribution in [-0.4, -0.2) is 55.6 Å². The fourth-order valence-electron chi connectivity index (χ4n) is 2.15. The Bertz CT molecular complexity index is 272. The van der Waals surface area contributed by atoms with Gasteiger partial charge in [-0.15, -0.1) is 0 Å². The van der Waals surface area contributed by atoms with Crippen molar-refractivity contribution in [3.63, 3.8) is 0 Å². The molecule has 1 heterocycles. The molecule has 0 radical (unpaired) electrons. The maximum Gasteiger partial charge on any atom is 0.313 e. The van der Waals surface area contributed by atoms with E-state index in [9.17, 15) is 9.59 Å². The second kappa shape index (κ2) is 8.21. The fourth-order valence-corrected chi connectivity index (χ4v) is 2.15. The number of ether oxygens (including phenoxy) is 2. The van der Waals surface area contributed by atoms with Gasteiger partial charge in [0.2, 0.25) is 0 Å². The highest BCUT2D eigenvalue weighted by molar-refractivity contribution is 5.96. The van der Waals surface area contributed by atoms with Crippen LogP contribution < -0.4 is 0 Å². The highest BCUT2D eigenvalue weighted by Gasteiger charge is 2.21. The molecule has 104 valence electrons. The predicted octanol–water partition coefficient (Wildman–Crippen LogP) is 1.01. The molecule has 0 amide bonds. The van der Waals surface area contributed by atoms with E-state index in [4.69, 9.17) is 9.47 Å². The summed E-state index contributed by atoms with van der Waals surface area (Å²) in [4.78, 5) is 24.9. The summed E-state index contributed by atoms with van der Waals surface area (Å²) in [5.41, 5.74) is 0. The van der Waals surface area contributed by atoms with Crippen molar-refractivity contribution in [1.29, 1.82) is 0 Å². The minimum atomic E-state index is -0.424. The first-order valence-corrected chi connectivity index (χ1v) is 6.67. The van der Waals surface area contributed by atoms with Crippen LogP contribution in [0.2, 0.25) is 0 Å². The van der Waals surface area contributed by atoms with Crippen molar-refractivity contribution < 1.29 is 19.1 Å². The van der Waals surface area contributed by atoms with Crippen LogP contribution >= 0.6 is 0 Å². The molecule has 0 aliphatic carbocycles. The van der Waals surface area contributed by atoms with Crippen LogP contribution in [0.3, 0.4) is 0 Å². The lowest BCUT2D eigenvalue weighted by molar-refractivity contribution is -0.145. The zero-order valence-electron chi connectivity index (χ0n) is 11.3. The van der Waals surface area contributed by atoms with E-state index < -0.39 is 5.97 Å². The van der Waals surface area contributed by atoms with Crippen molar-refractivity contribution in [3.8, 4) is 0 Å². The molecule has 0 N–H and O–H groups in total. The number of piperidine rings is 1. The van der Waals surface area contributed by atoms with E-state index >= 15 is 0 Å². The molecule has 0 unspecified atom stereocenters. The third-order valence-electron chi connectivity index (χ3n) is 2.98. The van der Waals surface area contributed by atoms with E-state index in [0.717, 1.165) is 32.5 Å². The fraction of sp³-hybridized carbons (Fsp3) is 0.846. The van der Waals surface area contributed by atoms with Crippen LogP contribution in [0.1, 0.15) is 33.1 Å². The molecule has 0 aromatic heterocycles. The molecule has 5 nitrogen and oxygen atoms in total. The molecule has 0 atom stereocenters. The maximum atomic E-state index is 11.6. The second-order valence-electron chi connectivity index (χ2n) is 4.45. The standard InChI is InChI=1S/C13H23NO4/c1-3-17-12-5-7-14(8-6-12)10-11(15)9-13(16)18-4-2/h12H,3-10H2,1-2H3. The van der Waals surface area contributed by atoms with Gasteiger partial charge in [-0.2, -0.15) is 0 Å². The van der Waals surface area contributed by atoms with Gasteiger partial charge in [0.1, 0.15) is 6.42 Å². The van der Waals surface area contributed by atoms with E-state index in [-0.39, 0.29) is 12.2 Å². The Balaban J connectivity index is 2.20. The van der Waals surface area contributed by atoms with E-state index in [0.29, 0.717) is 19.3 Å². The smallest absolute Gasteiger partial charge is 0.313 e. The number of carbonyl (C=O) groups is 2. The number of carbonyl (C=O) groups excluding carboxylic acids is 2. The Morgan fingerprint density at radius 2 is 1.83 bits per heavy atom. The van der Waals surface area contributed by atoms with Crippen molar-refractivity contribution in [3.05, 3.63) is 0 Å². The maximum absolute atomic E-state index is 11.6. The van der Waals surface area contributed by atoms with Crippen LogP contribution in [0.25, 0.3) is 0 Å². The number of esters is 1. The predicted molar refractivity (Wildman–Crippen MR) is 67.3 cm³/mol. The summed E-state index contributed by atoms with van der Waals surface area (Å²) in [6, 6.07) is 0. The minimum absolute atomic E-state index is 0.0664. The van der Waals surface area contributed by atoms with Crippen LogP contribution in [0.5, 0.6) is 0 Å². The van der Waals surface area contributed by atoms with Crippen molar-refractivity contribution >= 4 is 11.8 Å². The molecule has 1 aliphatic heterocycles. The summed E-state index contributed by atoms with van der Waals surface area (Å²) in [7, 11) is 0. The Morgan fingerprint density at radius 1 is 1.17 bits per heavy atom. The molecule has 0 bridgehead atoms. The van der Waals surface area contributed by atoms with Gasteiger partial charge in [-0.05, 0) is 26.7 Å². The SMILES string of the molecule is CCOC(=O)CC(=O)CN1CCC(OCC)CC1. The van der Waals surface area contributed by atoms with Gasteiger partial charge in [-0.1, -0.05) is 0 Å². The van der Waals surface area contributed by atoms with E-state index in [1.165, 1.54) is 0 Å². The third kappa shape index (κ3) is 5.60. The largest absolute Gasteiger partial charge is 0.466 e. The van der Waals surface area contributed by atoms with Gasteiger partial charge in [0.25, 0.3) is 0 Å². The van der Waals surface area contributed by atoms with Gasteiger partial charge in [-0.25, -0.2) is 0 Å². The van der Waals surface area contributed by atoms with Gasteiger partial charge in [-0.3, -0.25) is 14.5 Å². The summed E-state index contributed by atoms with van der Waals surface area (Å²) in [5.74, 6) is -0.491. The average Bonchev–Trinajstić information content (AvgIpc) is 2.32. The van der Waals surface area contributed by atoms with E-state index in [1.807, 2.05) is 6.92 Å². The van der Waals surface area contributed by atoms with Crippen LogP contribution in [-0.2, 0) is 19.1 Å². The average molecular weight is 257 g/mol. The van der Waals surface area contributed by atoms with E-state index in [2.05, 4.69) is 4.90 Å². The van der Waals surface area contributed by atoms with E-state index in [1.54, 1.807) is 6.92 Å². The first kappa shape index (κ1) is 15.1. The lowest BCUT2D eigenvalue weighted by Gasteiger charge is -2.31. The number of nitrogens with zero attached hydrogens (tertiary/aromatic N) is 1. The summed E-state index contributed by atoms with van der Waals surface area (Å²) in [6.07, 6.45) is 2.13. The molecule has 1 saturated heterocycles. The molecular formula is C13H23NO4. The Kier molecular flexibility index (Phi) is 6.90. The van der Waals surface area contributed by atoms with Crippen molar-refractivity contribution in [1.82, 2.24) is 4.90 Å². The summed E-state index contributed by atoms with van der Waals surface area (Å²) in [6.45, 7) is 6.87. The molecule has 1 rings (SSSR count). The summed E-state index contributed by atoms with van der Waals surface area (Å²) in [5, 5.41) is 0. The van der Waals surface area contributed by atoms with Crippen LogP contribution in [0.15, 0.2) is 0 Å². The topological polar surface area (TPSA) is 55.8 Å². The van der Waals surface area contributed by atoms with Crippen LogP contribution in [0, 0.1) is 0 Å². The number of hydrogen-bond donors (Lipinski definition) is 0. The molecule has 1 fully saturated rings. The molecule has 0 aromatic carbocycles. The Hall–Kier alpha value is -0.940. The van der Waals surface area contributed by atoms with Crippen molar-refractivity contribution in [2.75, 3.05) is 32.8 Å². The molecule has 0 aromatic rings. The van der Waals surface area contributed by atoms with Gasteiger partial charge in [0, 0.05) is 19.7 Å². The third-order valence-corrected chi connectivity index (χ3v) is 2.98. The van der Waals surface area contributed by atoms with Crippen LogP contribution in [0.4, 0.5) is 0 Å². The molecule has 18 heavy (non-hydrogen) atoms. The van der Waals surface area contributed by atoms with Crippen molar-refractivity contribution in [2.24, 2.45) is 0 Å². The zero-order valence-corrected chi connectivity index (χ0v) is 11.3. The molecule has 1 aliphatic rings. The normalized spacial score (nSPS) is 17.7. The minimum Gasteiger partial charge on any atom is -0.466 e. The van der Waals surface area contributed by atoms with Gasteiger partial charge < -0.3 is 9.47 Å². The number of likely N-dealkylation sites (tertiary alicyclic amines) is 1. The zero-order chi connectivity index (χ0) is 13.4. The number of ketones is 1. The molecular weight excluding hydrogens is 234 g/mol. The number of Topliss-reactive ketones (excluding diaryl/α,β-unsaturated/α-hetero) is 1. The molecule has 0 spiro atoms. The highest BCUT2D eigenvalue weighted by atomic mass is 16.5. The molecule has 0 saturated carbocycles. The lowest BCUT2D eigenvalue weighted by Crippen LogP contribution is -2.40. The summed E-state index contributed by atoms with van der Waals surface area (Å²) < 4.78 is 10.3. The van der Waals surface area contributed by atoms with Crippen molar-refractivity contribution in [2.45, 2.75) is 39.2 Å². The summed E-state index contributed by atoms with van der Waals surface area (Å²) >= 11 is 0. The van der Waals surface area contributed by atoms with Gasteiger partial charge in [0.15, 0.2) is 5.78 Å². The first-order valence-electron chi connectivity index (χ1n) is 6.67. The molecule has 5 heteroatoms. The van der Waals surface area contributed by atoms with Gasteiger partial charge >= 0.3 is 5.97 Å². The second-order valence-corrected chi connectivity index (χ2v) is 4.45. The Labute approximate surface area is 108 Å². The lowest BCUT2D eigenvalue weighted by atomic mass is 10.1.